The van der Waals surface area contributed by atoms with Gasteiger partial charge < -0.3 is 24.1 Å². The lowest BCUT2D eigenvalue weighted by molar-refractivity contribution is -0.393. The van der Waals surface area contributed by atoms with E-state index in [1.165, 1.54) is 0 Å². The molecule has 0 spiro atoms. The summed E-state index contributed by atoms with van der Waals surface area (Å²) in [5.74, 6) is -18.7. The van der Waals surface area contributed by atoms with E-state index in [0.717, 1.165) is 41.5 Å². The standard InChI is InChI=1S/C35H38F20O8/c1-9-26(32(44,45)46,22(57)61-24(3,4)5)31(42,43)27(33(47,48)49,63-23(58)62-25(6,7)8)15-18(14-16(2)20(56)60-21(29(36,37)38)30(39,40)41)17-10-12-19(13-11-17)28(59,34(50,51)52)35(53,54)55/h10-13,16,18,21,59H,9,14-15H2,1-8H3. The maximum absolute atomic E-state index is 17.3. The number of esters is 2. The first-order valence-electron chi connectivity index (χ1n) is 17.5. The lowest BCUT2D eigenvalue weighted by atomic mass is 9.66. The number of ether oxygens (including phenoxy) is 4. The van der Waals surface area contributed by atoms with Crippen LogP contribution in [0.5, 0.6) is 0 Å². The van der Waals surface area contributed by atoms with Crippen molar-refractivity contribution in [3.8, 4) is 0 Å². The largest absolute Gasteiger partial charge is 0.509 e. The predicted octanol–water partition coefficient (Wildman–Crippen LogP) is 11.7. The predicted molar refractivity (Wildman–Crippen MR) is 171 cm³/mol. The zero-order chi connectivity index (χ0) is 50.4. The third-order valence-electron chi connectivity index (χ3n) is 8.93. The van der Waals surface area contributed by atoms with Crippen LogP contribution in [-0.2, 0) is 34.1 Å². The van der Waals surface area contributed by atoms with Crippen LogP contribution in [0.3, 0.4) is 0 Å². The minimum absolute atomic E-state index is 0.0778. The van der Waals surface area contributed by atoms with Gasteiger partial charge in [-0.15, -0.1) is 0 Å². The van der Waals surface area contributed by atoms with Gasteiger partial charge in [-0.05, 0) is 65.9 Å². The Morgan fingerprint density at radius 3 is 1.33 bits per heavy atom. The molecule has 0 saturated carbocycles. The van der Waals surface area contributed by atoms with Crippen LogP contribution in [0.4, 0.5) is 92.6 Å². The SMILES string of the molecule is CCC(C(=O)OC(C)(C)C)(C(F)(F)F)C(F)(F)C(CC(CC(C)C(=O)OC(C(F)(F)F)C(F)(F)F)c1ccc(C(O)(C(F)(F)F)C(F)(F)F)cc1)(OC(=O)OC(C)(C)C)C(F)(F)F. The molecule has 0 aliphatic rings. The molecule has 366 valence electrons. The normalized spacial score (nSPS) is 17.3. The van der Waals surface area contributed by atoms with Crippen LogP contribution in [0.2, 0.25) is 0 Å². The van der Waals surface area contributed by atoms with Gasteiger partial charge in [0.1, 0.15) is 11.2 Å². The van der Waals surface area contributed by atoms with Crippen molar-refractivity contribution in [1.29, 1.82) is 0 Å². The Morgan fingerprint density at radius 2 is 1.02 bits per heavy atom. The van der Waals surface area contributed by atoms with Crippen LogP contribution in [0.25, 0.3) is 0 Å². The maximum atomic E-state index is 17.3. The molecular formula is C35H38F20O8. The molecule has 0 bridgehead atoms. The fourth-order valence-corrected chi connectivity index (χ4v) is 5.94. The van der Waals surface area contributed by atoms with Gasteiger partial charge >= 0.3 is 61.1 Å². The fourth-order valence-electron chi connectivity index (χ4n) is 5.94. The van der Waals surface area contributed by atoms with Gasteiger partial charge in [-0.25, -0.2) is 13.6 Å². The molecule has 1 aromatic carbocycles. The van der Waals surface area contributed by atoms with Crippen molar-refractivity contribution in [2.24, 2.45) is 11.3 Å². The summed E-state index contributed by atoms with van der Waals surface area (Å²) in [4.78, 5) is 38.9. The minimum atomic E-state index is -7.17. The number of rotatable bonds is 13. The van der Waals surface area contributed by atoms with Gasteiger partial charge in [0.15, 0.2) is 0 Å². The Kier molecular flexibility index (Phi) is 16.1. The Balaban J connectivity index is 4.63. The number of alkyl halides is 20. The molecule has 0 radical (unpaired) electrons. The number of carbonyl (C=O) groups is 3. The van der Waals surface area contributed by atoms with E-state index in [4.69, 9.17) is 0 Å². The van der Waals surface area contributed by atoms with Gasteiger partial charge in [-0.3, -0.25) is 9.59 Å². The third-order valence-corrected chi connectivity index (χ3v) is 8.93. The van der Waals surface area contributed by atoms with Crippen LogP contribution in [0.15, 0.2) is 24.3 Å². The monoisotopic (exact) mass is 966 g/mol. The number of hydrogen-bond donors (Lipinski definition) is 1. The van der Waals surface area contributed by atoms with E-state index in [2.05, 4.69) is 18.9 Å². The molecule has 63 heavy (non-hydrogen) atoms. The molecule has 0 aliphatic heterocycles. The van der Waals surface area contributed by atoms with Crippen LogP contribution in [-0.4, -0.2) is 89.1 Å². The van der Waals surface area contributed by atoms with Crippen molar-refractivity contribution in [3.63, 3.8) is 0 Å². The Labute approximate surface area is 343 Å². The lowest BCUT2D eigenvalue weighted by Gasteiger charge is -2.50. The molecule has 4 unspecified atom stereocenters. The van der Waals surface area contributed by atoms with E-state index in [1.54, 1.807) is 0 Å². The van der Waals surface area contributed by atoms with E-state index in [1.807, 2.05) is 0 Å². The molecule has 0 aromatic heterocycles. The second-order valence-electron chi connectivity index (χ2n) is 16.0. The van der Waals surface area contributed by atoms with Gasteiger partial charge in [0.25, 0.3) is 17.3 Å². The lowest BCUT2D eigenvalue weighted by Crippen LogP contribution is -2.73. The molecule has 0 saturated heterocycles. The van der Waals surface area contributed by atoms with Gasteiger partial charge in [0.2, 0.25) is 5.41 Å². The molecule has 0 heterocycles. The van der Waals surface area contributed by atoms with Crippen molar-refractivity contribution in [3.05, 3.63) is 35.4 Å². The van der Waals surface area contributed by atoms with Crippen molar-refractivity contribution < 1.29 is 126 Å². The van der Waals surface area contributed by atoms with E-state index >= 15 is 35.1 Å². The topological polar surface area (TPSA) is 108 Å². The highest BCUT2D eigenvalue weighted by atomic mass is 19.4. The molecule has 1 rings (SSSR count). The number of benzene rings is 1. The fraction of sp³-hybridized carbons (Fsp3) is 0.743. The molecular weight excluding hydrogens is 928 g/mol. The highest BCUT2D eigenvalue weighted by molar-refractivity contribution is 5.80. The van der Waals surface area contributed by atoms with Crippen molar-refractivity contribution in [2.45, 2.75) is 152 Å². The Hall–Kier alpha value is -4.01. The van der Waals surface area contributed by atoms with Crippen molar-refractivity contribution >= 4 is 18.1 Å². The van der Waals surface area contributed by atoms with Crippen LogP contribution in [0.1, 0.15) is 91.7 Å². The van der Waals surface area contributed by atoms with E-state index in [9.17, 15) is 72.2 Å². The van der Waals surface area contributed by atoms with E-state index < -0.39 is 137 Å². The van der Waals surface area contributed by atoms with Crippen LogP contribution in [0, 0.1) is 11.3 Å². The molecule has 0 amide bonds. The quantitative estimate of drug-likeness (QED) is 0.118. The van der Waals surface area contributed by atoms with Crippen LogP contribution < -0.4 is 0 Å². The summed E-state index contributed by atoms with van der Waals surface area (Å²) in [6, 6.07) is -1.06. The second kappa shape index (κ2) is 17.8. The van der Waals surface area contributed by atoms with Gasteiger partial charge in [-0.2, -0.15) is 79.0 Å². The summed E-state index contributed by atoms with van der Waals surface area (Å²) in [6.45, 7) is 5.10. The van der Waals surface area contributed by atoms with Crippen molar-refractivity contribution in [2.75, 3.05) is 0 Å². The number of carbonyl (C=O) groups excluding carboxylic acids is 3. The molecule has 28 heteroatoms. The first kappa shape index (κ1) is 57.0. The average Bonchev–Trinajstić information content (AvgIpc) is 3.01. The summed E-state index contributed by atoms with van der Waals surface area (Å²) in [5, 5.41) is 9.77. The zero-order valence-corrected chi connectivity index (χ0v) is 33.5. The zero-order valence-electron chi connectivity index (χ0n) is 33.5. The molecule has 1 aromatic rings. The summed E-state index contributed by atoms with van der Waals surface area (Å²) in [5.41, 5.74) is -25.8. The number of halogens is 20. The third kappa shape index (κ3) is 12.0. The molecule has 4 atom stereocenters. The highest BCUT2D eigenvalue weighted by Crippen LogP contribution is 2.64. The summed E-state index contributed by atoms with van der Waals surface area (Å²) < 4.78 is 304. The molecule has 0 fully saturated rings. The first-order valence-corrected chi connectivity index (χ1v) is 17.5. The molecule has 1 N–H and O–H groups in total. The Morgan fingerprint density at radius 1 is 0.603 bits per heavy atom. The van der Waals surface area contributed by atoms with Gasteiger partial charge in [-0.1, -0.05) is 38.1 Å². The summed E-state index contributed by atoms with van der Waals surface area (Å²) >= 11 is 0. The van der Waals surface area contributed by atoms with E-state index in [0.29, 0.717) is 0 Å². The first-order chi connectivity index (χ1) is 27.5. The molecule has 8 nitrogen and oxygen atoms in total. The smallest absolute Gasteiger partial charge is 0.459 e. The van der Waals surface area contributed by atoms with Crippen molar-refractivity contribution in [1.82, 2.24) is 0 Å². The highest BCUT2D eigenvalue weighted by Gasteiger charge is 2.87. The maximum Gasteiger partial charge on any atom is 0.509 e. The average molecular weight is 967 g/mol. The summed E-state index contributed by atoms with van der Waals surface area (Å²) in [7, 11) is 0. The van der Waals surface area contributed by atoms with Gasteiger partial charge in [0.05, 0.1) is 5.92 Å². The summed E-state index contributed by atoms with van der Waals surface area (Å²) in [6.07, 6.45) is -55.7. The van der Waals surface area contributed by atoms with Gasteiger partial charge in [0, 0.05) is 12.0 Å². The number of aliphatic hydroxyl groups is 1. The Bertz CT molecular complexity index is 1720. The van der Waals surface area contributed by atoms with Crippen LogP contribution >= 0.6 is 0 Å². The number of hydrogen-bond acceptors (Lipinski definition) is 8. The molecule has 0 aliphatic carbocycles. The second-order valence-corrected chi connectivity index (χ2v) is 16.0. The minimum Gasteiger partial charge on any atom is -0.459 e. The van der Waals surface area contributed by atoms with E-state index in [-0.39, 0.29) is 38.1 Å².